The van der Waals surface area contributed by atoms with E-state index >= 15 is 0 Å². The molecule has 0 unspecified atom stereocenters. The lowest BCUT2D eigenvalue weighted by Gasteiger charge is -2.12. The van der Waals surface area contributed by atoms with Crippen LogP contribution < -0.4 is 5.14 Å². The van der Waals surface area contributed by atoms with Gasteiger partial charge in [0.15, 0.2) is 5.69 Å². The number of nitrogens with zero attached hydrogens (tertiary/aromatic N) is 3. The van der Waals surface area contributed by atoms with Gasteiger partial charge in [0.1, 0.15) is 10.7 Å². The predicted molar refractivity (Wildman–Crippen MR) is 109 cm³/mol. The highest BCUT2D eigenvalue weighted by molar-refractivity contribution is 7.89. The lowest BCUT2D eigenvalue weighted by molar-refractivity contribution is -0.140. The summed E-state index contributed by atoms with van der Waals surface area (Å²) in [6.45, 7) is 1.84. The van der Waals surface area contributed by atoms with Crippen LogP contribution in [0.5, 0.6) is 0 Å². The SMILES string of the molecule is Cc1ccc(-c2nc(C(F)(F)F)cn2-c2ccccc2S(N)(=O)=O)cc1.c1c[nH]cn1. The Morgan fingerprint density at radius 2 is 1.74 bits per heavy atom. The second-order valence-electron chi connectivity index (χ2n) is 6.46. The Balaban J connectivity index is 0.000000478. The van der Waals surface area contributed by atoms with E-state index in [2.05, 4.69) is 15.0 Å². The first-order valence-electron chi connectivity index (χ1n) is 8.86. The van der Waals surface area contributed by atoms with Gasteiger partial charge in [0.05, 0.1) is 12.0 Å². The van der Waals surface area contributed by atoms with E-state index in [0.717, 1.165) is 16.3 Å². The summed E-state index contributed by atoms with van der Waals surface area (Å²) >= 11 is 0. The van der Waals surface area contributed by atoms with E-state index in [0.29, 0.717) is 5.56 Å². The van der Waals surface area contributed by atoms with Gasteiger partial charge in [0, 0.05) is 24.2 Å². The number of imidazole rings is 2. The van der Waals surface area contributed by atoms with Gasteiger partial charge in [0.2, 0.25) is 10.0 Å². The highest BCUT2D eigenvalue weighted by atomic mass is 32.2. The molecule has 0 saturated carbocycles. The van der Waals surface area contributed by atoms with Crippen LogP contribution in [-0.4, -0.2) is 27.9 Å². The lowest BCUT2D eigenvalue weighted by Crippen LogP contribution is -2.15. The van der Waals surface area contributed by atoms with Gasteiger partial charge in [-0.3, -0.25) is 4.57 Å². The molecule has 2 aromatic carbocycles. The summed E-state index contributed by atoms with van der Waals surface area (Å²) in [5.74, 6) is -0.0339. The fraction of sp³-hybridized carbons (Fsp3) is 0.100. The first kappa shape index (κ1) is 22.2. The van der Waals surface area contributed by atoms with Crippen molar-refractivity contribution in [2.24, 2.45) is 5.14 Å². The molecule has 2 aromatic heterocycles. The van der Waals surface area contributed by atoms with Gasteiger partial charge in [-0.1, -0.05) is 42.0 Å². The molecule has 162 valence electrons. The van der Waals surface area contributed by atoms with Crippen molar-refractivity contribution < 1.29 is 21.6 Å². The molecule has 0 amide bonds. The fourth-order valence-electron chi connectivity index (χ4n) is 2.72. The van der Waals surface area contributed by atoms with Crippen molar-refractivity contribution in [2.45, 2.75) is 18.0 Å². The van der Waals surface area contributed by atoms with Crippen LogP contribution in [0, 0.1) is 6.92 Å². The molecule has 0 atom stereocenters. The summed E-state index contributed by atoms with van der Waals surface area (Å²) in [7, 11) is -4.14. The lowest BCUT2D eigenvalue weighted by atomic mass is 10.1. The van der Waals surface area contributed by atoms with E-state index < -0.39 is 21.9 Å². The number of aryl methyl sites for hydroxylation is 1. The molecule has 0 aliphatic carbocycles. The number of aromatic amines is 1. The number of hydrogen-bond donors (Lipinski definition) is 2. The third-order valence-corrected chi connectivity index (χ3v) is 5.10. The zero-order valence-electron chi connectivity index (χ0n) is 16.2. The first-order valence-corrected chi connectivity index (χ1v) is 10.4. The average molecular weight is 449 g/mol. The maximum Gasteiger partial charge on any atom is 0.434 e. The monoisotopic (exact) mass is 449 g/mol. The zero-order chi connectivity index (χ0) is 22.6. The number of rotatable bonds is 3. The average Bonchev–Trinajstić information content (AvgIpc) is 3.41. The van der Waals surface area contributed by atoms with Gasteiger partial charge in [-0.2, -0.15) is 13.2 Å². The summed E-state index contributed by atoms with van der Waals surface area (Å²) in [5, 5.41) is 5.21. The Hall–Kier alpha value is -3.44. The molecule has 0 fully saturated rings. The molecule has 7 nitrogen and oxygen atoms in total. The van der Waals surface area contributed by atoms with Crippen LogP contribution >= 0.6 is 0 Å². The van der Waals surface area contributed by atoms with Gasteiger partial charge >= 0.3 is 6.18 Å². The number of para-hydroxylation sites is 1. The Labute approximate surface area is 176 Å². The second-order valence-corrected chi connectivity index (χ2v) is 7.99. The summed E-state index contributed by atoms with van der Waals surface area (Å²) < 4.78 is 64.4. The number of sulfonamides is 1. The number of nitrogens with one attached hydrogen (secondary N) is 1. The molecule has 2 heterocycles. The highest BCUT2D eigenvalue weighted by Gasteiger charge is 2.35. The van der Waals surface area contributed by atoms with E-state index in [-0.39, 0.29) is 16.4 Å². The standard InChI is InChI=1S/C17H14F3N3O2S.C3H4N2/c1-11-6-8-12(9-7-11)16-22-15(17(18,19)20)10-23(16)13-4-2-3-5-14(13)26(21,24)25;1-2-5-3-4-1/h2-10H,1H3,(H2,21,24,25);1-3H,(H,4,5). The van der Waals surface area contributed by atoms with Gasteiger partial charge in [-0.05, 0) is 19.1 Å². The van der Waals surface area contributed by atoms with Crippen LogP contribution in [-0.2, 0) is 16.2 Å². The largest absolute Gasteiger partial charge is 0.434 e. The number of aromatic nitrogens is 4. The van der Waals surface area contributed by atoms with E-state index in [4.69, 9.17) is 5.14 Å². The van der Waals surface area contributed by atoms with Gasteiger partial charge < -0.3 is 4.98 Å². The molecule has 31 heavy (non-hydrogen) atoms. The van der Waals surface area contributed by atoms with E-state index in [9.17, 15) is 21.6 Å². The van der Waals surface area contributed by atoms with Crippen LogP contribution in [0.2, 0.25) is 0 Å². The number of hydrogen-bond acceptors (Lipinski definition) is 4. The minimum Gasteiger partial charge on any atom is -0.351 e. The molecule has 0 bridgehead atoms. The number of H-pyrrole nitrogens is 1. The molecule has 4 aromatic rings. The quantitative estimate of drug-likeness (QED) is 0.494. The molecule has 4 rings (SSSR count). The molecule has 3 N–H and O–H groups in total. The van der Waals surface area contributed by atoms with Crippen LogP contribution in [0.4, 0.5) is 13.2 Å². The van der Waals surface area contributed by atoms with Crippen molar-refractivity contribution in [3.05, 3.63) is 84.7 Å². The zero-order valence-corrected chi connectivity index (χ0v) is 17.0. The van der Waals surface area contributed by atoms with E-state index in [1.807, 2.05) is 6.92 Å². The number of halogens is 3. The van der Waals surface area contributed by atoms with Crippen LogP contribution in [0.15, 0.2) is 78.3 Å². The van der Waals surface area contributed by atoms with Crippen molar-refractivity contribution in [1.82, 2.24) is 19.5 Å². The molecule has 0 aliphatic heterocycles. The van der Waals surface area contributed by atoms with Crippen molar-refractivity contribution in [3.63, 3.8) is 0 Å². The predicted octanol–water partition coefficient (Wildman–Crippen LogP) is 3.92. The Kier molecular flexibility index (Phi) is 6.27. The third kappa shape index (κ3) is 5.38. The second kappa shape index (κ2) is 8.74. The first-order chi connectivity index (χ1) is 14.6. The maximum atomic E-state index is 13.2. The van der Waals surface area contributed by atoms with Gasteiger partial charge in [-0.25, -0.2) is 23.5 Å². The summed E-state index contributed by atoms with van der Waals surface area (Å²) in [6, 6.07) is 12.3. The number of alkyl halides is 3. The molecule has 0 aliphatic rings. The van der Waals surface area contributed by atoms with Crippen molar-refractivity contribution in [3.8, 4) is 17.1 Å². The minimum absolute atomic E-state index is 0.00595. The summed E-state index contributed by atoms with van der Waals surface area (Å²) in [4.78, 5) is 9.81. The van der Waals surface area contributed by atoms with Crippen LogP contribution in [0.3, 0.4) is 0 Å². The fourth-order valence-corrected chi connectivity index (χ4v) is 3.44. The molecular weight excluding hydrogens is 431 g/mol. The molecule has 0 spiro atoms. The molecule has 0 saturated heterocycles. The van der Waals surface area contributed by atoms with Gasteiger partial charge in [-0.15, -0.1) is 0 Å². The van der Waals surface area contributed by atoms with E-state index in [1.54, 1.807) is 43.0 Å². The van der Waals surface area contributed by atoms with Crippen LogP contribution in [0.25, 0.3) is 17.1 Å². The summed E-state index contributed by atoms with van der Waals surface area (Å²) in [5.41, 5.74) is 0.203. The van der Waals surface area contributed by atoms with Crippen LogP contribution in [0.1, 0.15) is 11.3 Å². The Morgan fingerprint density at radius 3 is 2.26 bits per heavy atom. The number of benzene rings is 2. The molecule has 11 heteroatoms. The third-order valence-electron chi connectivity index (χ3n) is 4.14. The Bertz CT molecular complexity index is 1230. The topological polar surface area (TPSA) is 107 Å². The highest BCUT2D eigenvalue weighted by Crippen LogP contribution is 2.33. The summed E-state index contributed by atoms with van der Waals surface area (Å²) in [6.07, 6.45) is 1.17. The molecular formula is C20H18F3N5O2S. The smallest absolute Gasteiger partial charge is 0.351 e. The van der Waals surface area contributed by atoms with Gasteiger partial charge in [0.25, 0.3) is 0 Å². The van der Waals surface area contributed by atoms with Crippen molar-refractivity contribution in [1.29, 1.82) is 0 Å². The van der Waals surface area contributed by atoms with E-state index in [1.165, 1.54) is 24.3 Å². The molecule has 0 radical (unpaired) electrons. The minimum atomic E-state index is -4.68. The number of nitrogens with two attached hydrogens (primary N) is 1. The van der Waals surface area contributed by atoms with Crippen molar-refractivity contribution >= 4 is 10.0 Å². The van der Waals surface area contributed by atoms with Crippen molar-refractivity contribution in [2.75, 3.05) is 0 Å². The Morgan fingerprint density at radius 1 is 1.06 bits per heavy atom. The maximum absolute atomic E-state index is 13.2. The normalized spacial score (nSPS) is 11.6. The number of primary sulfonamides is 1.